The second kappa shape index (κ2) is 8.04. The van der Waals surface area contributed by atoms with E-state index in [0.29, 0.717) is 12.1 Å². The average molecular weight is 312 g/mol. The van der Waals surface area contributed by atoms with Gasteiger partial charge in [0.15, 0.2) is 0 Å². The summed E-state index contributed by atoms with van der Waals surface area (Å²) in [6, 6.07) is 10.9. The topological polar surface area (TPSA) is 50.3 Å². The van der Waals surface area contributed by atoms with Crippen molar-refractivity contribution in [2.24, 2.45) is 0 Å². The van der Waals surface area contributed by atoms with Gasteiger partial charge >= 0.3 is 6.01 Å². The van der Waals surface area contributed by atoms with E-state index in [4.69, 9.17) is 4.74 Å². The number of hydrogen-bond acceptors (Lipinski definition) is 5. The molecule has 0 amide bonds. The molecule has 1 N–H and O–H groups in total. The number of benzene rings is 1. The van der Waals surface area contributed by atoms with Gasteiger partial charge in [0.2, 0.25) is 0 Å². The van der Waals surface area contributed by atoms with Crippen LogP contribution in [0.3, 0.4) is 0 Å². The van der Waals surface area contributed by atoms with E-state index >= 15 is 0 Å². The Labute approximate surface area is 137 Å². The van der Waals surface area contributed by atoms with Crippen LogP contribution in [0.25, 0.3) is 0 Å². The normalized spacial score (nSPS) is 18.2. The highest BCUT2D eigenvalue weighted by atomic mass is 16.5. The molecule has 1 atom stereocenters. The van der Waals surface area contributed by atoms with Crippen molar-refractivity contribution < 1.29 is 4.74 Å². The van der Waals surface area contributed by atoms with Gasteiger partial charge in [0.25, 0.3) is 0 Å². The summed E-state index contributed by atoms with van der Waals surface area (Å²) in [5.41, 5.74) is 1.21. The molecule has 23 heavy (non-hydrogen) atoms. The quantitative estimate of drug-likeness (QED) is 0.852. The maximum absolute atomic E-state index is 5.67. The van der Waals surface area contributed by atoms with Crippen molar-refractivity contribution in [3.05, 3.63) is 48.3 Å². The molecule has 1 fully saturated rings. The molecule has 5 nitrogen and oxygen atoms in total. The van der Waals surface area contributed by atoms with Crippen LogP contribution in [0.4, 0.5) is 0 Å². The van der Waals surface area contributed by atoms with Crippen LogP contribution >= 0.6 is 0 Å². The highest BCUT2D eigenvalue weighted by molar-refractivity contribution is 5.30. The van der Waals surface area contributed by atoms with Crippen LogP contribution < -0.4 is 10.1 Å². The molecule has 1 saturated heterocycles. The van der Waals surface area contributed by atoms with E-state index in [-0.39, 0.29) is 0 Å². The number of nitrogens with zero attached hydrogens (tertiary/aromatic N) is 3. The van der Waals surface area contributed by atoms with Crippen LogP contribution in [0.1, 0.15) is 25.3 Å². The lowest BCUT2D eigenvalue weighted by atomic mass is 10.2. The van der Waals surface area contributed by atoms with Gasteiger partial charge in [-0.2, -0.15) is 0 Å². The molecular formula is C18H24N4O. The fourth-order valence-electron chi connectivity index (χ4n) is 3.09. The zero-order chi connectivity index (χ0) is 15.9. The number of hydrogen-bond donors (Lipinski definition) is 1. The molecular weight excluding hydrogens is 288 g/mol. The van der Waals surface area contributed by atoms with Gasteiger partial charge in [-0.05, 0) is 49.7 Å². The fourth-order valence-corrected chi connectivity index (χ4v) is 3.09. The number of likely N-dealkylation sites (N-methyl/N-ethyl adjacent to an activating group) is 1. The Bertz CT molecular complexity index is 605. The smallest absolute Gasteiger partial charge is 0.321 e. The van der Waals surface area contributed by atoms with E-state index in [1.54, 1.807) is 18.5 Å². The first kappa shape index (κ1) is 15.9. The highest BCUT2D eigenvalue weighted by Gasteiger charge is 2.21. The summed E-state index contributed by atoms with van der Waals surface area (Å²) in [6.45, 7) is 6.52. The lowest BCUT2D eigenvalue weighted by Crippen LogP contribution is -2.37. The minimum Gasteiger partial charge on any atom is -0.424 e. The monoisotopic (exact) mass is 312 g/mol. The average Bonchev–Trinajstić information content (AvgIpc) is 3.04. The van der Waals surface area contributed by atoms with E-state index in [2.05, 4.69) is 33.2 Å². The van der Waals surface area contributed by atoms with Crippen molar-refractivity contribution >= 4 is 0 Å². The van der Waals surface area contributed by atoms with Gasteiger partial charge in [-0.15, -0.1) is 0 Å². The first-order chi connectivity index (χ1) is 11.3. The second-order valence-corrected chi connectivity index (χ2v) is 5.84. The van der Waals surface area contributed by atoms with Gasteiger partial charge < -0.3 is 10.1 Å². The number of aromatic nitrogens is 2. The Balaban J connectivity index is 1.51. The number of ether oxygens (including phenoxy) is 1. The lowest BCUT2D eigenvalue weighted by Gasteiger charge is -2.23. The minimum atomic E-state index is 0.377. The Morgan fingerprint density at radius 2 is 2.13 bits per heavy atom. The minimum absolute atomic E-state index is 0.377. The Morgan fingerprint density at radius 1 is 1.26 bits per heavy atom. The third kappa shape index (κ3) is 4.50. The molecule has 1 aromatic heterocycles. The van der Waals surface area contributed by atoms with E-state index in [9.17, 15) is 0 Å². The van der Waals surface area contributed by atoms with Gasteiger partial charge in [0, 0.05) is 31.5 Å². The molecule has 0 saturated carbocycles. The summed E-state index contributed by atoms with van der Waals surface area (Å²) in [5, 5.41) is 3.57. The van der Waals surface area contributed by atoms with Crippen molar-refractivity contribution in [1.29, 1.82) is 0 Å². The SMILES string of the molecule is CCN1CCC[C@@H]1CNCc1cccc(Oc2ncccn2)c1. The summed E-state index contributed by atoms with van der Waals surface area (Å²) < 4.78 is 5.67. The van der Waals surface area contributed by atoms with E-state index in [0.717, 1.165) is 25.4 Å². The molecule has 2 aromatic rings. The zero-order valence-electron chi connectivity index (χ0n) is 13.6. The number of nitrogens with one attached hydrogen (secondary N) is 1. The molecule has 1 aliphatic rings. The van der Waals surface area contributed by atoms with Crippen molar-refractivity contribution in [2.45, 2.75) is 32.4 Å². The van der Waals surface area contributed by atoms with Crippen LogP contribution in [0.2, 0.25) is 0 Å². The molecule has 0 aliphatic carbocycles. The molecule has 1 aromatic carbocycles. The van der Waals surface area contributed by atoms with E-state index < -0.39 is 0 Å². The molecule has 0 radical (unpaired) electrons. The van der Waals surface area contributed by atoms with Gasteiger partial charge in [-0.25, -0.2) is 9.97 Å². The van der Waals surface area contributed by atoms with Crippen LogP contribution in [0.15, 0.2) is 42.7 Å². The molecule has 0 spiro atoms. The summed E-state index contributed by atoms with van der Waals surface area (Å²) >= 11 is 0. The number of rotatable bonds is 7. The highest BCUT2D eigenvalue weighted by Crippen LogP contribution is 2.19. The first-order valence-electron chi connectivity index (χ1n) is 8.33. The summed E-state index contributed by atoms with van der Waals surface area (Å²) in [4.78, 5) is 10.7. The molecule has 0 unspecified atom stereocenters. The van der Waals surface area contributed by atoms with Gasteiger partial charge in [0.05, 0.1) is 0 Å². The van der Waals surface area contributed by atoms with Crippen LogP contribution in [0, 0.1) is 0 Å². The van der Waals surface area contributed by atoms with Gasteiger partial charge in [-0.1, -0.05) is 19.1 Å². The zero-order valence-corrected chi connectivity index (χ0v) is 13.6. The van der Waals surface area contributed by atoms with Crippen molar-refractivity contribution in [1.82, 2.24) is 20.2 Å². The molecule has 122 valence electrons. The lowest BCUT2D eigenvalue weighted by molar-refractivity contribution is 0.260. The maximum atomic E-state index is 5.67. The predicted molar refractivity (Wildman–Crippen MR) is 90.5 cm³/mol. The fraction of sp³-hybridized carbons (Fsp3) is 0.444. The van der Waals surface area contributed by atoms with Crippen molar-refractivity contribution in [3.63, 3.8) is 0 Å². The summed E-state index contributed by atoms with van der Waals surface area (Å²) in [7, 11) is 0. The standard InChI is InChI=1S/C18H24N4O/c1-2-22-11-4-7-16(22)14-19-13-15-6-3-8-17(12-15)23-18-20-9-5-10-21-18/h3,5-6,8-10,12,16,19H,2,4,7,11,13-14H2,1H3/t16-/m1/s1. The second-order valence-electron chi connectivity index (χ2n) is 5.84. The summed E-state index contributed by atoms with van der Waals surface area (Å²) in [5.74, 6) is 0.770. The van der Waals surface area contributed by atoms with Gasteiger partial charge in [0.1, 0.15) is 5.75 Å². The van der Waals surface area contributed by atoms with Crippen LogP contribution in [-0.2, 0) is 6.54 Å². The Hall–Kier alpha value is -1.98. The molecule has 3 rings (SSSR count). The third-order valence-corrected chi connectivity index (χ3v) is 4.26. The first-order valence-corrected chi connectivity index (χ1v) is 8.33. The van der Waals surface area contributed by atoms with E-state index in [1.165, 1.54) is 24.9 Å². The largest absolute Gasteiger partial charge is 0.424 e. The number of likely N-dealkylation sites (tertiary alicyclic amines) is 1. The Morgan fingerprint density at radius 3 is 2.96 bits per heavy atom. The Kier molecular flexibility index (Phi) is 5.56. The molecule has 5 heteroatoms. The van der Waals surface area contributed by atoms with Crippen LogP contribution in [-0.4, -0.2) is 40.5 Å². The maximum Gasteiger partial charge on any atom is 0.321 e. The summed E-state index contributed by atoms with van der Waals surface area (Å²) in [6.07, 6.45) is 5.97. The predicted octanol–water partition coefficient (Wildman–Crippen LogP) is 2.84. The van der Waals surface area contributed by atoms with Crippen LogP contribution in [0.5, 0.6) is 11.8 Å². The molecule has 0 bridgehead atoms. The van der Waals surface area contributed by atoms with Crippen molar-refractivity contribution in [2.75, 3.05) is 19.6 Å². The van der Waals surface area contributed by atoms with E-state index in [1.807, 2.05) is 18.2 Å². The third-order valence-electron chi connectivity index (χ3n) is 4.26. The molecule has 2 heterocycles. The molecule has 1 aliphatic heterocycles. The van der Waals surface area contributed by atoms with Gasteiger partial charge in [-0.3, -0.25) is 4.90 Å². The van der Waals surface area contributed by atoms with Crippen molar-refractivity contribution in [3.8, 4) is 11.8 Å².